The van der Waals surface area contributed by atoms with E-state index in [0.717, 1.165) is 4.31 Å². The number of fused-ring (bicyclic) bond motifs is 1. The van der Waals surface area contributed by atoms with Gasteiger partial charge in [0.15, 0.2) is 5.76 Å². The molecule has 1 aliphatic rings. The summed E-state index contributed by atoms with van der Waals surface area (Å²) in [6.45, 7) is 4.79. The standard InChI is InChI=1S/C21H22N2O5S/c1-4-23(5-2)21(26)15-10-8-9-14(13-15)19(24)18-20(25)16-11-6-7-12-17(16)29(27,28)22(18)3/h6-13,24H,4-5H2,1-3H3. The van der Waals surface area contributed by atoms with Crippen molar-refractivity contribution >= 4 is 27.5 Å². The maximum atomic E-state index is 13.0. The molecule has 0 saturated heterocycles. The van der Waals surface area contributed by atoms with E-state index in [-0.39, 0.29) is 27.6 Å². The molecule has 0 bridgehead atoms. The van der Waals surface area contributed by atoms with Gasteiger partial charge in [-0.05, 0) is 38.1 Å². The van der Waals surface area contributed by atoms with Crippen molar-refractivity contribution in [3.8, 4) is 0 Å². The van der Waals surface area contributed by atoms with E-state index in [9.17, 15) is 23.1 Å². The van der Waals surface area contributed by atoms with Crippen molar-refractivity contribution in [2.75, 3.05) is 20.1 Å². The Morgan fingerprint density at radius 2 is 1.66 bits per heavy atom. The van der Waals surface area contributed by atoms with Crippen molar-refractivity contribution in [2.24, 2.45) is 0 Å². The summed E-state index contributed by atoms with van der Waals surface area (Å²) in [7, 11) is -2.76. The fourth-order valence-electron chi connectivity index (χ4n) is 3.30. The molecule has 0 aliphatic carbocycles. The number of rotatable bonds is 4. The number of sulfonamides is 1. The molecule has 1 aliphatic heterocycles. The van der Waals surface area contributed by atoms with Crippen LogP contribution < -0.4 is 0 Å². The summed E-state index contributed by atoms with van der Waals surface area (Å²) in [5, 5.41) is 10.8. The van der Waals surface area contributed by atoms with E-state index in [0.29, 0.717) is 18.7 Å². The van der Waals surface area contributed by atoms with Crippen LogP contribution in [-0.4, -0.2) is 54.6 Å². The fraction of sp³-hybridized carbons (Fsp3) is 0.238. The number of aliphatic hydroxyl groups excluding tert-OH is 1. The molecule has 3 rings (SSSR count). The molecule has 152 valence electrons. The molecule has 1 N–H and O–H groups in total. The molecule has 2 aromatic rings. The largest absolute Gasteiger partial charge is 0.505 e. The quantitative estimate of drug-likeness (QED) is 0.613. The molecular weight excluding hydrogens is 392 g/mol. The highest BCUT2D eigenvalue weighted by molar-refractivity contribution is 7.89. The Kier molecular flexibility index (Phi) is 5.48. The molecule has 2 aromatic carbocycles. The van der Waals surface area contributed by atoms with Crippen LogP contribution in [0.15, 0.2) is 59.1 Å². The molecule has 0 fully saturated rings. The van der Waals surface area contributed by atoms with E-state index >= 15 is 0 Å². The number of likely N-dealkylation sites (N-methyl/N-ethyl adjacent to an activating group) is 1. The van der Waals surface area contributed by atoms with Gasteiger partial charge in [0.1, 0.15) is 5.70 Å². The van der Waals surface area contributed by atoms with Crippen LogP contribution in [0.1, 0.15) is 40.1 Å². The van der Waals surface area contributed by atoms with Crippen molar-refractivity contribution < 1.29 is 23.1 Å². The lowest BCUT2D eigenvalue weighted by molar-refractivity contribution is 0.0772. The number of Topliss-reactive ketones (excluding diaryl/α,β-unsaturated/α-hetero) is 1. The number of nitrogens with zero attached hydrogens (tertiary/aromatic N) is 2. The Morgan fingerprint density at radius 1 is 1.03 bits per heavy atom. The van der Waals surface area contributed by atoms with Crippen LogP contribution in [0, 0.1) is 0 Å². The van der Waals surface area contributed by atoms with Crippen molar-refractivity contribution in [3.05, 3.63) is 70.9 Å². The van der Waals surface area contributed by atoms with Gasteiger partial charge in [-0.15, -0.1) is 0 Å². The first-order chi connectivity index (χ1) is 13.7. The number of aliphatic hydroxyl groups is 1. The summed E-state index contributed by atoms with van der Waals surface area (Å²) in [6, 6.07) is 12.0. The Balaban J connectivity index is 2.14. The van der Waals surface area contributed by atoms with Crippen LogP contribution in [0.3, 0.4) is 0 Å². The minimum atomic E-state index is -3.98. The molecular formula is C21H22N2O5S. The number of hydrogen-bond acceptors (Lipinski definition) is 5. The second kappa shape index (κ2) is 7.71. The molecule has 0 unspecified atom stereocenters. The predicted molar refractivity (Wildman–Crippen MR) is 109 cm³/mol. The number of carbonyl (C=O) groups is 2. The van der Waals surface area contributed by atoms with E-state index in [1.165, 1.54) is 37.4 Å². The van der Waals surface area contributed by atoms with Crippen LogP contribution >= 0.6 is 0 Å². The van der Waals surface area contributed by atoms with Gasteiger partial charge in [0.05, 0.1) is 4.90 Å². The van der Waals surface area contributed by atoms with Crippen LogP contribution in [0.2, 0.25) is 0 Å². The summed E-state index contributed by atoms with van der Waals surface area (Å²) in [6.07, 6.45) is 0. The molecule has 0 spiro atoms. The van der Waals surface area contributed by atoms with Crippen LogP contribution in [0.4, 0.5) is 0 Å². The van der Waals surface area contributed by atoms with E-state index in [1.807, 2.05) is 13.8 Å². The predicted octanol–water partition coefficient (Wildman–Crippen LogP) is 2.91. The van der Waals surface area contributed by atoms with E-state index in [2.05, 4.69) is 0 Å². The highest BCUT2D eigenvalue weighted by atomic mass is 32.2. The third-order valence-electron chi connectivity index (χ3n) is 4.96. The lowest BCUT2D eigenvalue weighted by Gasteiger charge is -2.28. The van der Waals surface area contributed by atoms with Gasteiger partial charge in [-0.1, -0.05) is 24.3 Å². The first-order valence-corrected chi connectivity index (χ1v) is 10.6. The van der Waals surface area contributed by atoms with Crippen molar-refractivity contribution in [2.45, 2.75) is 18.7 Å². The topological polar surface area (TPSA) is 95.0 Å². The molecule has 29 heavy (non-hydrogen) atoms. The van der Waals surface area contributed by atoms with Gasteiger partial charge >= 0.3 is 0 Å². The number of carbonyl (C=O) groups excluding carboxylic acids is 2. The summed E-state index contributed by atoms with van der Waals surface area (Å²) in [5.74, 6) is -1.31. The Bertz CT molecular complexity index is 1120. The smallest absolute Gasteiger partial charge is 0.265 e. The van der Waals surface area contributed by atoms with Gasteiger partial charge < -0.3 is 10.0 Å². The lowest BCUT2D eigenvalue weighted by Crippen LogP contribution is -2.37. The zero-order chi connectivity index (χ0) is 21.3. The number of hydrogen-bond donors (Lipinski definition) is 1. The van der Waals surface area contributed by atoms with Gasteiger partial charge in [-0.25, -0.2) is 8.42 Å². The van der Waals surface area contributed by atoms with Crippen molar-refractivity contribution in [1.82, 2.24) is 9.21 Å². The summed E-state index contributed by atoms with van der Waals surface area (Å²) in [4.78, 5) is 27.1. The van der Waals surface area contributed by atoms with Crippen LogP contribution in [-0.2, 0) is 10.0 Å². The van der Waals surface area contributed by atoms with Gasteiger partial charge in [-0.2, -0.15) is 0 Å². The molecule has 0 radical (unpaired) electrons. The first-order valence-electron chi connectivity index (χ1n) is 9.19. The summed E-state index contributed by atoms with van der Waals surface area (Å²) < 4.78 is 26.4. The molecule has 8 heteroatoms. The summed E-state index contributed by atoms with van der Waals surface area (Å²) in [5.41, 5.74) is 0.180. The SMILES string of the molecule is CCN(CC)C(=O)c1cccc(C(O)=C2C(=O)c3ccccc3S(=O)(=O)N2C)c1. The van der Waals surface area contributed by atoms with E-state index in [1.54, 1.807) is 23.1 Å². The lowest BCUT2D eigenvalue weighted by atomic mass is 10.0. The van der Waals surface area contributed by atoms with Gasteiger partial charge in [0, 0.05) is 36.8 Å². The van der Waals surface area contributed by atoms with Gasteiger partial charge in [0.2, 0.25) is 5.78 Å². The first kappa shape index (κ1) is 20.6. The Labute approximate surface area is 169 Å². The molecule has 1 heterocycles. The second-order valence-corrected chi connectivity index (χ2v) is 8.49. The minimum absolute atomic E-state index is 0.00234. The molecule has 1 amide bonds. The second-order valence-electron chi connectivity index (χ2n) is 6.55. The highest BCUT2D eigenvalue weighted by Crippen LogP contribution is 2.34. The highest BCUT2D eigenvalue weighted by Gasteiger charge is 2.39. The third-order valence-corrected chi connectivity index (χ3v) is 6.77. The third kappa shape index (κ3) is 3.40. The van der Waals surface area contributed by atoms with E-state index < -0.39 is 21.6 Å². The number of benzene rings is 2. The molecule has 0 atom stereocenters. The maximum Gasteiger partial charge on any atom is 0.265 e. The molecule has 0 saturated carbocycles. The van der Waals surface area contributed by atoms with Crippen LogP contribution in [0.25, 0.3) is 5.76 Å². The van der Waals surface area contributed by atoms with E-state index in [4.69, 9.17) is 0 Å². The Hall–Kier alpha value is -3.13. The minimum Gasteiger partial charge on any atom is -0.505 e. The monoisotopic (exact) mass is 414 g/mol. The zero-order valence-electron chi connectivity index (χ0n) is 16.4. The number of ketones is 1. The maximum absolute atomic E-state index is 13.0. The molecule has 0 aromatic heterocycles. The Morgan fingerprint density at radius 3 is 2.31 bits per heavy atom. The average Bonchev–Trinajstić information content (AvgIpc) is 2.73. The molecule has 7 nitrogen and oxygen atoms in total. The van der Waals surface area contributed by atoms with Gasteiger partial charge in [0.25, 0.3) is 15.9 Å². The van der Waals surface area contributed by atoms with Crippen molar-refractivity contribution in [3.63, 3.8) is 0 Å². The number of amides is 1. The average molecular weight is 414 g/mol. The van der Waals surface area contributed by atoms with Crippen molar-refractivity contribution in [1.29, 1.82) is 0 Å². The van der Waals surface area contributed by atoms with Gasteiger partial charge in [-0.3, -0.25) is 13.9 Å². The zero-order valence-corrected chi connectivity index (χ0v) is 17.2. The summed E-state index contributed by atoms with van der Waals surface area (Å²) >= 11 is 0. The fourth-order valence-corrected chi connectivity index (χ4v) is 4.70. The number of allylic oxidation sites excluding steroid dienone is 1. The van der Waals surface area contributed by atoms with Crippen LogP contribution in [0.5, 0.6) is 0 Å². The normalized spacial score (nSPS) is 16.9.